The first-order valence-electron chi connectivity index (χ1n) is 3.48. The number of nitrogens with two attached hydrogens (primary N) is 1. The molecule has 1 heterocycles. The third-order valence-corrected chi connectivity index (χ3v) is 1.72. The third kappa shape index (κ3) is 1.48. The number of hydrogen-bond donors (Lipinski definition) is 3. The Labute approximate surface area is 68.7 Å². The molecule has 0 aromatic rings. The summed E-state index contributed by atoms with van der Waals surface area (Å²) in [5.41, 5.74) is 5.26. The van der Waals surface area contributed by atoms with E-state index in [-0.39, 0.29) is 6.04 Å². The first-order chi connectivity index (χ1) is 5.52. The van der Waals surface area contributed by atoms with Gasteiger partial charge in [0.2, 0.25) is 0 Å². The fraction of sp³-hybridized carbons (Fsp3) is 0.667. The van der Waals surface area contributed by atoms with Crippen molar-refractivity contribution in [2.24, 2.45) is 5.73 Å². The van der Waals surface area contributed by atoms with Gasteiger partial charge in [-0.1, -0.05) is 0 Å². The molecule has 4 N–H and O–H groups in total. The van der Waals surface area contributed by atoms with Crippen molar-refractivity contribution < 1.29 is 19.4 Å². The van der Waals surface area contributed by atoms with E-state index < -0.39 is 24.2 Å². The van der Waals surface area contributed by atoms with E-state index >= 15 is 0 Å². The highest BCUT2D eigenvalue weighted by Crippen LogP contribution is 2.10. The molecule has 68 valence electrons. The van der Waals surface area contributed by atoms with Gasteiger partial charge in [0, 0.05) is 0 Å². The Morgan fingerprint density at radius 3 is 2.75 bits per heavy atom. The zero-order valence-corrected chi connectivity index (χ0v) is 6.48. The normalized spacial score (nSPS) is 30.7. The summed E-state index contributed by atoms with van der Waals surface area (Å²) in [6, 6.07) is -1.53. The highest BCUT2D eigenvalue weighted by atomic mass is 16.6. The second kappa shape index (κ2) is 2.98. The SMILES string of the molecule is C[C@@H]1NC(=O)O[C@H]1[C@H](N)C(=O)O. The highest BCUT2D eigenvalue weighted by Gasteiger charge is 2.38. The Morgan fingerprint density at radius 1 is 1.83 bits per heavy atom. The van der Waals surface area contributed by atoms with Crippen LogP contribution in [0.15, 0.2) is 0 Å². The number of carboxylic acids is 1. The number of aliphatic carboxylic acids is 1. The van der Waals surface area contributed by atoms with Crippen molar-refractivity contribution in [2.45, 2.75) is 25.1 Å². The van der Waals surface area contributed by atoms with Gasteiger partial charge in [-0.15, -0.1) is 0 Å². The number of amides is 1. The monoisotopic (exact) mass is 174 g/mol. The van der Waals surface area contributed by atoms with E-state index in [0.29, 0.717) is 0 Å². The molecular weight excluding hydrogens is 164 g/mol. The smallest absolute Gasteiger partial charge is 0.407 e. The van der Waals surface area contributed by atoms with Crippen LogP contribution >= 0.6 is 0 Å². The van der Waals surface area contributed by atoms with Crippen molar-refractivity contribution in [3.05, 3.63) is 0 Å². The van der Waals surface area contributed by atoms with Crippen molar-refractivity contribution in [1.82, 2.24) is 5.32 Å². The van der Waals surface area contributed by atoms with Crippen molar-refractivity contribution in [1.29, 1.82) is 0 Å². The van der Waals surface area contributed by atoms with Crippen molar-refractivity contribution in [2.75, 3.05) is 0 Å². The molecule has 0 aromatic heterocycles. The highest BCUT2D eigenvalue weighted by molar-refractivity contribution is 5.77. The van der Waals surface area contributed by atoms with E-state index in [0.717, 1.165) is 0 Å². The first kappa shape index (κ1) is 8.79. The molecule has 1 aliphatic heterocycles. The molecule has 0 aromatic carbocycles. The number of carbonyl (C=O) groups excluding carboxylic acids is 1. The van der Waals surface area contributed by atoms with Gasteiger partial charge in [0.25, 0.3) is 0 Å². The lowest BCUT2D eigenvalue weighted by atomic mass is 10.1. The minimum atomic E-state index is -1.18. The molecule has 0 saturated carbocycles. The molecule has 1 aliphatic rings. The van der Waals surface area contributed by atoms with Crippen molar-refractivity contribution in [3.63, 3.8) is 0 Å². The summed E-state index contributed by atoms with van der Waals surface area (Å²) in [7, 11) is 0. The number of carboxylic acid groups (broad SMARTS) is 1. The zero-order valence-electron chi connectivity index (χ0n) is 6.48. The summed E-state index contributed by atoms with van der Waals surface area (Å²) in [6.45, 7) is 1.64. The van der Waals surface area contributed by atoms with E-state index in [1.54, 1.807) is 6.92 Å². The number of nitrogens with one attached hydrogen (secondary N) is 1. The predicted molar refractivity (Wildman–Crippen MR) is 38.5 cm³/mol. The summed E-state index contributed by atoms with van der Waals surface area (Å²) >= 11 is 0. The van der Waals surface area contributed by atoms with Gasteiger partial charge in [-0.3, -0.25) is 4.79 Å². The molecule has 1 amide bonds. The second-order valence-electron chi connectivity index (χ2n) is 2.67. The lowest BCUT2D eigenvalue weighted by Gasteiger charge is -2.16. The number of carbonyl (C=O) groups is 2. The minimum absolute atomic E-state index is 0.358. The van der Waals surface area contributed by atoms with Gasteiger partial charge in [0.05, 0.1) is 6.04 Å². The molecule has 0 radical (unpaired) electrons. The minimum Gasteiger partial charge on any atom is -0.480 e. The van der Waals surface area contributed by atoms with Crippen molar-refractivity contribution in [3.8, 4) is 0 Å². The third-order valence-electron chi connectivity index (χ3n) is 1.72. The Balaban J connectivity index is 2.63. The second-order valence-corrected chi connectivity index (χ2v) is 2.67. The molecule has 1 fully saturated rings. The van der Waals surface area contributed by atoms with Crippen LogP contribution in [0.5, 0.6) is 0 Å². The molecular formula is C6H10N2O4. The fourth-order valence-corrected chi connectivity index (χ4v) is 1.05. The molecule has 12 heavy (non-hydrogen) atoms. The molecule has 1 rings (SSSR count). The van der Waals surface area contributed by atoms with Crippen LogP contribution < -0.4 is 11.1 Å². The van der Waals surface area contributed by atoms with E-state index in [1.807, 2.05) is 0 Å². The van der Waals surface area contributed by atoms with Gasteiger partial charge in [0.15, 0.2) is 0 Å². The summed E-state index contributed by atoms with van der Waals surface area (Å²) in [4.78, 5) is 21.0. The number of ether oxygens (including phenoxy) is 1. The van der Waals surface area contributed by atoms with Crippen molar-refractivity contribution >= 4 is 12.1 Å². The van der Waals surface area contributed by atoms with Gasteiger partial charge in [-0.05, 0) is 6.92 Å². The summed E-state index contributed by atoms with van der Waals surface area (Å²) in [5.74, 6) is -1.18. The van der Waals surface area contributed by atoms with Crippen LogP contribution in [-0.2, 0) is 9.53 Å². The molecule has 6 nitrogen and oxygen atoms in total. The Bertz CT molecular complexity index is 218. The summed E-state index contributed by atoms with van der Waals surface area (Å²) in [6.07, 6.45) is -1.40. The van der Waals surface area contributed by atoms with Crippen LogP contribution in [0.4, 0.5) is 4.79 Å². The summed E-state index contributed by atoms with van der Waals surface area (Å²) < 4.78 is 4.64. The number of alkyl carbamates (subject to hydrolysis) is 1. The zero-order chi connectivity index (χ0) is 9.30. The van der Waals surface area contributed by atoms with Gasteiger partial charge in [0.1, 0.15) is 12.1 Å². The van der Waals surface area contributed by atoms with Crippen LogP contribution in [0, 0.1) is 0 Å². The van der Waals surface area contributed by atoms with E-state index in [1.165, 1.54) is 0 Å². The first-order valence-corrected chi connectivity index (χ1v) is 3.48. The topological polar surface area (TPSA) is 102 Å². The molecule has 3 atom stereocenters. The Morgan fingerprint density at radius 2 is 2.42 bits per heavy atom. The van der Waals surface area contributed by atoms with Gasteiger partial charge in [-0.25, -0.2) is 4.79 Å². The van der Waals surface area contributed by atoms with E-state index in [2.05, 4.69) is 10.1 Å². The maximum Gasteiger partial charge on any atom is 0.407 e. The number of rotatable bonds is 2. The van der Waals surface area contributed by atoms with Gasteiger partial charge in [-0.2, -0.15) is 0 Å². The molecule has 1 saturated heterocycles. The van der Waals surface area contributed by atoms with Crippen LogP contribution in [0.3, 0.4) is 0 Å². The maximum absolute atomic E-state index is 10.6. The number of hydrogen-bond acceptors (Lipinski definition) is 4. The average Bonchev–Trinajstić information content (AvgIpc) is 2.28. The quantitative estimate of drug-likeness (QED) is 0.493. The molecule has 6 heteroatoms. The number of cyclic esters (lactones) is 1. The van der Waals surface area contributed by atoms with Crippen LogP contribution in [0.2, 0.25) is 0 Å². The Kier molecular flexibility index (Phi) is 2.18. The van der Waals surface area contributed by atoms with E-state index in [9.17, 15) is 9.59 Å². The fourth-order valence-electron chi connectivity index (χ4n) is 1.05. The Hall–Kier alpha value is -1.30. The lowest BCUT2D eigenvalue weighted by Crippen LogP contribution is -2.47. The van der Waals surface area contributed by atoms with Gasteiger partial charge < -0.3 is 20.9 Å². The van der Waals surface area contributed by atoms with Crippen LogP contribution in [-0.4, -0.2) is 35.4 Å². The lowest BCUT2D eigenvalue weighted by molar-refractivity contribution is -0.140. The predicted octanol–water partition coefficient (Wildman–Crippen LogP) is -1.10. The van der Waals surface area contributed by atoms with E-state index in [4.69, 9.17) is 10.8 Å². The molecule has 0 spiro atoms. The van der Waals surface area contributed by atoms with Gasteiger partial charge >= 0.3 is 12.1 Å². The average molecular weight is 174 g/mol. The maximum atomic E-state index is 10.6. The molecule has 0 unspecified atom stereocenters. The molecule has 0 aliphatic carbocycles. The van der Waals surface area contributed by atoms with Crippen LogP contribution in [0.1, 0.15) is 6.92 Å². The van der Waals surface area contributed by atoms with Crippen LogP contribution in [0.25, 0.3) is 0 Å². The standard InChI is InChI=1S/C6H10N2O4/c1-2-4(3(7)5(9)10)12-6(11)8-2/h2-4H,7H2,1H3,(H,8,11)(H,9,10)/t2-,3-,4+/m0/s1. The molecule has 0 bridgehead atoms. The summed E-state index contributed by atoms with van der Waals surface area (Å²) in [5, 5.41) is 10.9. The largest absolute Gasteiger partial charge is 0.480 e.